The van der Waals surface area contributed by atoms with Crippen LogP contribution in [-0.4, -0.2) is 27.4 Å². The molecule has 0 bridgehead atoms. The highest BCUT2D eigenvalue weighted by atomic mass is 19.1. The number of halogens is 1. The maximum atomic E-state index is 13.7. The number of aromatic nitrogens is 3. The van der Waals surface area contributed by atoms with Crippen LogP contribution in [0.1, 0.15) is 18.4 Å². The average Bonchev–Trinajstić information content (AvgIpc) is 3.10. The van der Waals surface area contributed by atoms with Gasteiger partial charge in [-0.25, -0.2) is 9.37 Å². The van der Waals surface area contributed by atoms with Gasteiger partial charge in [0.2, 0.25) is 0 Å². The summed E-state index contributed by atoms with van der Waals surface area (Å²) in [6.45, 7) is 1.53. The van der Waals surface area contributed by atoms with E-state index >= 15 is 0 Å². The van der Waals surface area contributed by atoms with E-state index in [1.807, 2.05) is 6.07 Å². The van der Waals surface area contributed by atoms with E-state index in [-0.39, 0.29) is 11.6 Å². The monoisotopic (exact) mass is 271 g/mol. The second-order valence-electron chi connectivity index (χ2n) is 4.85. The lowest BCUT2D eigenvalue weighted by Gasteiger charge is -2.27. The van der Waals surface area contributed by atoms with Gasteiger partial charge in [-0.3, -0.25) is 4.68 Å². The molecule has 0 spiro atoms. The Bertz CT molecular complexity index is 632. The molecule has 0 saturated carbocycles. The van der Waals surface area contributed by atoms with Gasteiger partial charge in [0.15, 0.2) is 0 Å². The van der Waals surface area contributed by atoms with Crippen molar-refractivity contribution in [2.45, 2.75) is 25.4 Å². The first kappa shape index (κ1) is 12.6. The van der Waals surface area contributed by atoms with Crippen molar-refractivity contribution < 1.29 is 4.39 Å². The standard InChI is InChI=1S/C14H14FN5/c15-13-4-1-5-14(12(13)7-16)20-6-2-3-11(20)8-19-10-17-9-18-19/h1,4-5,9-11H,2-3,6,8H2/t11-/m1/s1. The largest absolute Gasteiger partial charge is 0.366 e. The Balaban J connectivity index is 1.89. The molecule has 1 fully saturated rings. The van der Waals surface area contributed by atoms with Crippen molar-refractivity contribution in [2.75, 3.05) is 11.4 Å². The lowest BCUT2D eigenvalue weighted by molar-refractivity contribution is 0.507. The topological polar surface area (TPSA) is 57.7 Å². The zero-order valence-electron chi connectivity index (χ0n) is 10.9. The molecule has 1 aliphatic rings. The Morgan fingerprint density at radius 1 is 1.45 bits per heavy atom. The molecule has 102 valence electrons. The summed E-state index contributed by atoms with van der Waals surface area (Å²) in [5, 5.41) is 13.3. The molecule has 1 aromatic heterocycles. The van der Waals surface area contributed by atoms with Crippen molar-refractivity contribution in [1.29, 1.82) is 5.26 Å². The van der Waals surface area contributed by atoms with Crippen LogP contribution in [0.25, 0.3) is 0 Å². The summed E-state index contributed by atoms with van der Waals surface area (Å²) in [7, 11) is 0. The summed E-state index contributed by atoms with van der Waals surface area (Å²) < 4.78 is 15.5. The molecule has 0 unspecified atom stereocenters. The zero-order chi connectivity index (χ0) is 13.9. The molecule has 0 aliphatic carbocycles. The average molecular weight is 271 g/mol. The van der Waals surface area contributed by atoms with Gasteiger partial charge in [-0.05, 0) is 25.0 Å². The van der Waals surface area contributed by atoms with Gasteiger partial charge in [-0.15, -0.1) is 0 Å². The molecule has 0 N–H and O–H groups in total. The number of anilines is 1. The first-order chi connectivity index (χ1) is 9.79. The maximum absolute atomic E-state index is 13.7. The minimum atomic E-state index is -0.462. The quantitative estimate of drug-likeness (QED) is 0.856. The van der Waals surface area contributed by atoms with Crippen LogP contribution in [0.3, 0.4) is 0 Å². The molecule has 1 aliphatic heterocycles. The molecule has 5 nitrogen and oxygen atoms in total. The van der Waals surface area contributed by atoms with Crippen molar-refractivity contribution in [1.82, 2.24) is 14.8 Å². The minimum absolute atomic E-state index is 0.123. The molecule has 1 saturated heterocycles. The SMILES string of the molecule is N#Cc1c(F)cccc1N1CCC[C@@H]1Cn1cncn1. The van der Waals surface area contributed by atoms with Gasteiger partial charge in [0.05, 0.1) is 12.2 Å². The minimum Gasteiger partial charge on any atom is -0.366 e. The van der Waals surface area contributed by atoms with Crippen LogP contribution in [-0.2, 0) is 6.54 Å². The van der Waals surface area contributed by atoms with E-state index in [0.717, 1.165) is 19.4 Å². The molecular formula is C14H14FN5. The van der Waals surface area contributed by atoms with Crippen molar-refractivity contribution in [3.05, 3.63) is 42.2 Å². The zero-order valence-corrected chi connectivity index (χ0v) is 10.9. The van der Waals surface area contributed by atoms with Crippen molar-refractivity contribution in [2.24, 2.45) is 0 Å². The number of rotatable bonds is 3. The van der Waals surface area contributed by atoms with Crippen molar-refractivity contribution in [3.63, 3.8) is 0 Å². The molecule has 3 rings (SSSR count). The summed E-state index contributed by atoms with van der Waals surface area (Å²) >= 11 is 0. The Morgan fingerprint density at radius 3 is 3.10 bits per heavy atom. The molecule has 0 radical (unpaired) electrons. The second kappa shape index (κ2) is 5.29. The van der Waals surface area contributed by atoms with Crippen LogP contribution in [0, 0.1) is 17.1 Å². The first-order valence-corrected chi connectivity index (χ1v) is 6.57. The highest BCUT2D eigenvalue weighted by Gasteiger charge is 2.27. The van der Waals surface area contributed by atoms with E-state index in [9.17, 15) is 4.39 Å². The highest BCUT2D eigenvalue weighted by Crippen LogP contribution is 2.30. The third-order valence-electron chi connectivity index (χ3n) is 3.65. The van der Waals surface area contributed by atoms with Gasteiger partial charge in [0.25, 0.3) is 0 Å². The lowest BCUT2D eigenvalue weighted by atomic mass is 10.1. The van der Waals surface area contributed by atoms with Gasteiger partial charge in [0.1, 0.15) is 30.1 Å². The van der Waals surface area contributed by atoms with Crippen LogP contribution in [0.4, 0.5) is 10.1 Å². The van der Waals surface area contributed by atoms with Crippen LogP contribution >= 0.6 is 0 Å². The Hall–Kier alpha value is -2.42. The molecule has 2 heterocycles. The summed E-state index contributed by atoms with van der Waals surface area (Å²) in [6, 6.07) is 6.96. The van der Waals surface area contributed by atoms with Gasteiger partial charge < -0.3 is 4.90 Å². The molecule has 6 heteroatoms. The number of nitriles is 1. The molecule has 20 heavy (non-hydrogen) atoms. The molecule has 1 aromatic carbocycles. The third-order valence-corrected chi connectivity index (χ3v) is 3.65. The van der Waals surface area contributed by atoms with Crippen LogP contribution in [0.15, 0.2) is 30.9 Å². The number of nitrogens with zero attached hydrogens (tertiary/aromatic N) is 5. The van der Waals surface area contributed by atoms with Crippen molar-refractivity contribution >= 4 is 5.69 Å². The molecule has 0 amide bonds. The Kier molecular flexibility index (Phi) is 3.33. The molecule has 1 atom stereocenters. The smallest absolute Gasteiger partial charge is 0.143 e. The van der Waals surface area contributed by atoms with Crippen molar-refractivity contribution in [3.8, 4) is 6.07 Å². The van der Waals surface area contributed by atoms with E-state index in [2.05, 4.69) is 15.0 Å². The summed E-state index contributed by atoms with van der Waals surface area (Å²) in [6.07, 6.45) is 5.21. The molecule has 2 aromatic rings. The van der Waals surface area contributed by atoms with Gasteiger partial charge in [0, 0.05) is 12.6 Å². The van der Waals surface area contributed by atoms with Crippen LogP contribution in [0.5, 0.6) is 0 Å². The van der Waals surface area contributed by atoms with Gasteiger partial charge >= 0.3 is 0 Å². The second-order valence-corrected chi connectivity index (χ2v) is 4.85. The highest BCUT2D eigenvalue weighted by molar-refractivity contribution is 5.61. The van der Waals surface area contributed by atoms with Gasteiger partial charge in [-0.2, -0.15) is 10.4 Å². The van der Waals surface area contributed by atoms with E-state index in [0.29, 0.717) is 12.2 Å². The Labute approximate surface area is 116 Å². The lowest BCUT2D eigenvalue weighted by Crippen LogP contribution is -2.33. The number of benzene rings is 1. The van der Waals surface area contributed by atoms with E-state index < -0.39 is 5.82 Å². The van der Waals surface area contributed by atoms with Crippen LogP contribution in [0.2, 0.25) is 0 Å². The normalized spacial score (nSPS) is 18.2. The van der Waals surface area contributed by atoms with Gasteiger partial charge in [-0.1, -0.05) is 6.07 Å². The Morgan fingerprint density at radius 2 is 2.35 bits per heavy atom. The predicted octanol–water partition coefficient (Wildman–Crippen LogP) is 1.96. The first-order valence-electron chi connectivity index (χ1n) is 6.57. The third kappa shape index (κ3) is 2.23. The van der Waals surface area contributed by atoms with E-state index in [1.165, 1.54) is 12.4 Å². The fraction of sp³-hybridized carbons (Fsp3) is 0.357. The van der Waals surface area contributed by atoms with Crippen LogP contribution < -0.4 is 4.90 Å². The maximum Gasteiger partial charge on any atom is 0.143 e. The molecular weight excluding hydrogens is 257 g/mol. The predicted molar refractivity (Wildman–Crippen MR) is 71.5 cm³/mol. The van der Waals surface area contributed by atoms with E-state index in [1.54, 1.807) is 23.1 Å². The fourth-order valence-electron chi connectivity index (χ4n) is 2.75. The fourth-order valence-corrected chi connectivity index (χ4v) is 2.75. The number of hydrogen-bond acceptors (Lipinski definition) is 4. The van der Waals surface area contributed by atoms with E-state index in [4.69, 9.17) is 5.26 Å². The summed E-state index contributed by atoms with van der Waals surface area (Å²) in [5.41, 5.74) is 0.799. The number of hydrogen-bond donors (Lipinski definition) is 0. The summed E-state index contributed by atoms with van der Waals surface area (Å²) in [4.78, 5) is 6.03. The summed E-state index contributed by atoms with van der Waals surface area (Å²) in [5.74, 6) is -0.462.